The van der Waals surface area contributed by atoms with Crippen LogP contribution in [0.5, 0.6) is 5.75 Å². The van der Waals surface area contributed by atoms with Crippen molar-refractivity contribution in [1.82, 2.24) is 4.90 Å². The molecule has 2 fully saturated rings. The third kappa shape index (κ3) is 2.35. The Hall–Kier alpha value is -1.80. The maximum atomic E-state index is 5.32. The average Bonchev–Trinajstić information content (AvgIpc) is 2.70. The van der Waals surface area contributed by atoms with Gasteiger partial charge in [-0.15, -0.1) is 0 Å². The summed E-state index contributed by atoms with van der Waals surface area (Å²) in [7, 11) is 4.08. The van der Waals surface area contributed by atoms with Gasteiger partial charge < -0.3 is 9.64 Å². The van der Waals surface area contributed by atoms with Gasteiger partial charge >= 0.3 is 0 Å². The van der Waals surface area contributed by atoms with Gasteiger partial charge in [0, 0.05) is 11.5 Å². The van der Waals surface area contributed by atoms with Gasteiger partial charge in [0.25, 0.3) is 0 Å². The number of methoxy groups -OCH3 is 1. The summed E-state index contributed by atoms with van der Waals surface area (Å²) in [6.45, 7) is 1.26. The van der Waals surface area contributed by atoms with Crippen LogP contribution in [-0.2, 0) is 11.8 Å². The highest BCUT2D eigenvalue weighted by Gasteiger charge is 2.52. The van der Waals surface area contributed by atoms with E-state index in [9.17, 15) is 0 Å². The van der Waals surface area contributed by atoms with Crippen LogP contribution in [0.1, 0.15) is 43.2 Å². The Balaban J connectivity index is 1.61. The molecule has 1 unspecified atom stereocenters. The van der Waals surface area contributed by atoms with Crippen LogP contribution >= 0.6 is 0 Å². The van der Waals surface area contributed by atoms with Gasteiger partial charge in [0.05, 0.1) is 7.11 Å². The van der Waals surface area contributed by atoms with Crippen molar-refractivity contribution in [3.05, 3.63) is 53.6 Å². The summed E-state index contributed by atoms with van der Waals surface area (Å²) in [4.78, 5) is 2.65. The molecule has 1 heterocycles. The molecule has 1 aliphatic heterocycles. The Labute approximate surface area is 157 Å². The Kier molecular flexibility index (Phi) is 3.86. The Morgan fingerprint density at radius 2 is 1.81 bits per heavy atom. The lowest BCUT2D eigenvalue weighted by molar-refractivity contribution is 0.00290. The number of likely N-dealkylation sites (N-methyl/N-ethyl adjacent to an activating group) is 1. The van der Waals surface area contributed by atoms with E-state index in [1.165, 1.54) is 56.2 Å². The molecule has 2 aromatic rings. The molecule has 136 valence electrons. The van der Waals surface area contributed by atoms with E-state index in [4.69, 9.17) is 4.74 Å². The lowest BCUT2D eigenvalue weighted by atomic mass is 9.52. The van der Waals surface area contributed by atoms with E-state index in [0.29, 0.717) is 5.41 Å². The molecule has 3 atom stereocenters. The minimum atomic E-state index is 0.436. The number of hydrogen-bond donors (Lipinski definition) is 0. The normalized spacial score (nSPS) is 30.4. The number of rotatable bonds is 2. The van der Waals surface area contributed by atoms with E-state index < -0.39 is 0 Å². The second kappa shape index (κ2) is 6.13. The summed E-state index contributed by atoms with van der Waals surface area (Å²) in [5, 5.41) is 0. The van der Waals surface area contributed by atoms with Gasteiger partial charge in [-0.2, -0.15) is 0 Å². The maximum absolute atomic E-state index is 5.32. The molecule has 2 nitrogen and oxygen atoms in total. The van der Waals surface area contributed by atoms with Gasteiger partial charge in [0.2, 0.25) is 0 Å². The Bertz CT molecular complexity index is 811. The van der Waals surface area contributed by atoms with Gasteiger partial charge in [-0.3, -0.25) is 0 Å². The SMILES string of the molecule is COc1ccc(-c2ccc3c(c2)C24CCCC[C@@H]2[C@@H](C3)N(C)CC4)cc1. The first kappa shape index (κ1) is 16.4. The molecule has 1 saturated heterocycles. The van der Waals surface area contributed by atoms with Crippen molar-refractivity contribution in [2.24, 2.45) is 5.92 Å². The molecule has 0 N–H and O–H groups in total. The third-order valence-electron chi connectivity index (χ3n) is 7.54. The largest absolute Gasteiger partial charge is 0.497 e. The van der Waals surface area contributed by atoms with E-state index >= 15 is 0 Å². The van der Waals surface area contributed by atoms with Crippen LogP contribution in [0, 0.1) is 5.92 Å². The molecule has 2 aromatic carbocycles. The van der Waals surface area contributed by atoms with Gasteiger partial charge in [-0.25, -0.2) is 0 Å². The third-order valence-corrected chi connectivity index (χ3v) is 7.54. The fourth-order valence-corrected chi connectivity index (χ4v) is 6.16. The number of benzene rings is 2. The number of piperidine rings is 1. The molecule has 2 aliphatic carbocycles. The second-order valence-corrected chi connectivity index (χ2v) is 8.61. The standard InChI is InChI=1S/C24H29NO/c1-25-14-13-24-12-4-3-5-21(24)23(25)16-19-7-6-18(15-22(19)24)17-8-10-20(26-2)11-9-17/h6-11,15,21,23H,3-5,12-14,16H2,1-2H3/t21-,23-,24?/m1/s1. The molecule has 0 amide bonds. The summed E-state index contributed by atoms with van der Waals surface area (Å²) < 4.78 is 5.32. The zero-order valence-corrected chi connectivity index (χ0v) is 16.0. The first-order valence-electron chi connectivity index (χ1n) is 10.2. The molecule has 0 radical (unpaired) electrons. The van der Waals surface area contributed by atoms with Crippen LogP contribution in [0.25, 0.3) is 11.1 Å². The molecular weight excluding hydrogens is 318 g/mol. The number of ether oxygens (including phenoxy) is 1. The monoisotopic (exact) mass is 347 g/mol. The molecule has 0 spiro atoms. The quantitative estimate of drug-likeness (QED) is 0.754. The summed E-state index contributed by atoms with van der Waals surface area (Å²) in [6, 6.07) is 16.6. The minimum absolute atomic E-state index is 0.436. The van der Waals surface area contributed by atoms with Crippen LogP contribution in [0.2, 0.25) is 0 Å². The lowest BCUT2D eigenvalue weighted by Crippen LogP contribution is -2.59. The van der Waals surface area contributed by atoms with Crippen molar-refractivity contribution in [3.63, 3.8) is 0 Å². The fraction of sp³-hybridized carbons (Fsp3) is 0.500. The molecular formula is C24H29NO. The van der Waals surface area contributed by atoms with Crippen LogP contribution in [0.15, 0.2) is 42.5 Å². The average molecular weight is 348 g/mol. The van der Waals surface area contributed by atoms with E-state index in [1.807, 2.05) is 0 Å². The van der Waals surface area contributed by atoms with E-state index in [1.54, 1.807) is 18.2 Å². The molecule has 2 bridgehead atoms. The predicted octanol–water partition coefficient (Wildman–Crippen LogP) is 5.05. The van der Waals surface area contributed by atoms with E-state index in [-0.39, 0.29) is 0 Å². The molecule has 5 rings (SSSR count). The number of hydrogen-bond acceptors (Lipinski definition) is 2. The smallest absolute Gasteiger partial charge is 0.118 e. The van der Waals surface area contributed by atoms with Crippen LogP contribution in [0.4, 0.5) is 0 Å². The van der Waals surface area contributed by atoms with Crippen molar-refractivity contribution in [1.29, 1.82) is 0 Å². The van der Waals surface area contributed by atoms with Gasteiger partial charge in [0.1, 0.15) is 5.75 Å². The first-order chi connectivity index (χ1) is 12.7. The highest BCUT2D eigenvalue weighted by molar-refractivity contribution is 5.67. The van der Waals surface area contributed by atoms with Gasteiger partial charge in [-0.05, 0) is 79.6 Å². The van der Waals surface area contributed by atoms with E-state index in [0.717, 1.165) is 17.7 Å². The summed E-state index contributed by atoms with van der Waals surface area (Å²) in [5.74, 6) is 1.78. The van der Waals surface area contributed by atoms with Gasteiger partial charge in [-0.1, -0.05) is 43.2 Å². The Morgan fingerprint density at radius 1 is 1.00 bits per heavy atom. The van der Waals surface area contributed by atoms with Crippen molar-refractivity contribution in [2.45, 2.75) is 50.0 Å². The highest BCUT2D eigenvalue weighted by atomic mass is 16.5. The minimum Gasteiger partial charge on any atom is -0.497 e. The highest BCUT2D eigenvalue weighted by Crippen LogP contribution is 2.55. The van der Waals surface area contributed by atoms with Crippen molar-refractivity contribution < 1.29 is 4.74 Å². The Morgan fingerprint density at radius 3 is 2.62 bits per heavy atom. The van der Waals surface area contributed by atoms with Crippen LogP contribution < -0.4 is 4.74 Å². The second-order valence-electron chi connectivity index (χ2n) is 8.61. The lowest BCUT2D eigenvalue weighted by Gasteiger charge is -2.58. The van der Waals surface area contributed by atoms with Crippen LogP contribution in [0.3, 0.4) is 0 Å². The first-order valence-corrected chi connectivity index (χ1v) is 10.2. The van der Waals surface area contributed by atoms with Crippen LogP contribution in [-0.4, -0.2) is 31.6 Å². The molecule has 3 aliphatic rings. The molecule has 2 heteroatoms. The van der Waals surface area contributed by atoms with E-state index in [2.05, 4.69) is 54.4 Å². The zero-order chi connectivity index (χ0) is 17.7. The summed E-state index contributed by atoms with van der Waals surface area (Å²) in [6.07, 6.45) is 8.20. The molecule has 26 heavy (non-hydrogen) atoms. The van der Waals surface area contributed by atoms with Crippen molar-refractivity contribution in [2.75, 3.05) is 20.7 Å². The van der Waals surface area contributed by atoms with Crippen molar-refractivity contribution in [3.8, 4) is 16.9 Å². The number of likely N-dealkylation sites (tertiary alicyclic amines) is 1. The number of fused-ring (bicyclic) bond motifs is 1. The van der Waals surface area contributed by atoms with Crippen molar-refractivity contribution >= 4 is 0 Å². The predicted molar refractivity (Wildman–Crippen MR) is 107 cm³/mol. The molecule has 0 aromatic heterocycles. The summed E-state index contributed by atoms with van der Waals surface area (Å²) in [5.41, 5.74) is 6.39. The zero-order valence-electron chi connectivity index (χ0n) is 16.0. The van der Waals surface area contributed by atoms with Gasteiger partial charge in [0.15, 0.2) is 0 Å². The maximum Gasteiger partial charge on any atom is 0.118 e. The summed E-state index contributed by atoms with van der Waals surface area (Å²) >= 11 is 0. The fourth-order valence-electron chi connectivity index (χ4n) is 6.16. The molecule has 1 saturated carbocycles. The number of nitrogens with zero attached hydrogens (tertiary/aromatic N) is 1. The topological polar surface area (TPSA) is 12.5 Å².